The smallest absolute Gasteiger partial charge is 0.357 e. The van der Waals surface area contributed by atoms with Crippen LogP contribution in [0.3, 0.4) is 0 Å². The van der Waals surface area contributed by atoms with Crippen molar-refractivity contribution in [3.63, 3.8) is 0 Å². The Morgan fingerprint density at radius 2 is 2.04 bits per heavy atom. The number of nitrogens with zero attached hydrogens (tertiary/aromatic N) is 2. The second-order valence-corrected chi connectivity index (χ2v) is 6.40. The van der Waals surface area contributed by atoms with E-state index in [1.807, 2.05) is 36.6 Å². The zero-order chi connectivity index (χ0) is 17.1. The number of rotatable bonds is 6. The predicted octanol–water partition coefficient (Wildman–Crippen LogP) is 2.42. The Hall–Kier alpha value is -2.28. The quantitative estimate of drug-likeness (QED) is 0.643. The Kier molecular flexibility index (Phi) is 4.89. The van der Waals surface area contributed by atoms with Crippen molar-refractivity contribution in [2.24, 2.45) is 0 Å². The van der Waals surface area contributed by atoms with Crippen LogP contribution in [0.25, 0.3) is 5.69 Å². The second kappa shape index (κ2) is 7.09. The molecule has 2 aromatic rings. The van der Waals surface area contributed by atoms with E-state index in [-0.39, 0.29) is 11.9 Å². The van der Waals surface area contributed by atoms with Crippen molar-refractivity contribution >= 4 is 23.6 Å². The third-order valence-corrected chi connectivity index (χ3v) is 4.37. The SMILES string of the molecule is CSc1ncc(C(=O)O[C@@H](C)C(=O)NC2CC2)n1-c1ccccc1. The number of ether oxygens (including phenoxy) is 1. The van der Waals surface area contributed by atoms with Crippen LogP contribution < -0.4 is 5.32 Å². The Balaban J connectivity index is 1.79. The summed E-state index contributed by atoms with van der Waals surface area (Å²) in [6.45, 7) is 1.58. The summed E-state index contributed by atoms with van der Waals surface area (Å²) in [6, 6.07) is 9.70. The van der Waals surface area contributed by atoms with E-state index in [9.17, 15) is 9.59 Å². The summed E-state index contributed by atoms with van der Waals surface area (Å²) >= 11 is 1.44. The highest BCUT2D eigenvalue weighted by Gasteiger charge is 2.28. The number of benzene rings is 1. The number of amides is 1. The normalized spacial score (nSPS) is 14.9. The number of nitrogens with one attached hydrogen (secondary N) is 1. The number of imidazole rings is 1. The lowest BCUT2D eigenvalue weighted by atomic mass is 10.3. The van der Waals surface area contributed by atoms with Gasteiger partial charge in [-0.15, -0.1) is 0 Å². The number of carbonyl (C=O) groups is 2. The standard InChI is InChI=1S/C17H19N3O3S/c1-11(15(21)19-12-8-9-12)23-16(22)14-10-18-17(24-2)20(14)13-6-4-3-5-7-13/h3-7,10-12H,8-9H2,1-2H3,(H,19,21)/t11-/m0/s1. The molecule has 1 heterocycles. The lowest BCUT2D eigenvalue weighted by Gasteiger charge is -2.14. The molecule has 0 radical (unpaired) electrons. The summed E-state index contributed by atoms with van der Waals surface area (Å²) in [5.74, 6) is -0.827. The van der Waals surface area contributed by atoms with Crippen LogP contribution in [0.4, 0.5) is 0 Å². The van der Waals surface area contributed by atoms with E-state index in [0.29, 0.717) is 10.9 Å². The van der Waals surface area contributed by atoms with E-state index in [1.165, 1.54) is 18.0 Å². The summed E-state index contributed by atoms with van der Waals surface area (Å²) in [5.41, 5.74) is 1.12. The van der Waals surface area contributed by atoms with Crippen LogP contribution in [0.15, 0.2) is 41.7 Å². The van der Waals surface area contributed by atoms with Crippen LogP contribution in [-0.4, -0.2) is 39.8 Å². The van der Waals surface area contributed by atoms with E-state index in [0.717, 1.165) is 18.5 Å². The molecule has 126 valence electrons. The average Bonchev–Trinajstić information content (AvgIpc) is 3.29. The monoisotopic (exact) mass is 345 g/mol. The molecule has 1 aromatic heterocycles. The van der Waals surface area contributed by atoms with Gasteiger partial charge in [-0.2, -0.15) is 0 Å². The maximum absolute atomic E-state index is 12.5. The minimum absolute atomic E-state index is 0.233. The number of hydrogen-bond acceptors (Lipinski definition) is 5. The van der Waals surface area contributed by atoms with E-state index in [4.69, 9.17) is 4.74 Å². The van der Waals surface area contributed by atoms with E-state index >= 15 is 0 Å². The van der Waals surface area contributed by atoms with Crippen LogP contribution in [0.5, 0.6) is 0 Å². The number of carbonyl (C=O) groups excluding carboxylic acids is 2. The first-order valence-electron chi connectivity index (χ1n) is 7.78. The maximum Gasteiger partial charge on any atom is 0.357 e. The summed E-state index contributed by atoms with van der Waals surface area (Å²) in [6.07, 6.45) is 4.51. The number of para-hydroxylation sites is 1. The molecular formula is C17H19N3O3S. The second-order valence-electron chi connectivity index (χ2n) is 5.63. The zero-order valence-electron chi connectivity index (χ0n) is 13.6. The first kappa shape index (κ1) is 16.6. The third kappa shape index (κ3) is 3.62. The first-order chi connectivity index (χ1) is 11.6. The third-order valence-electron chi connectivity index (χ3n) is 3.71. The molecule has 1 aromatic carbocycles. The van der Waals surface area contributed by atoms with Crippen molar-refractivity contribution in [2.45, 2.75) is 37.1 Å². The lowest BCUT2D eigenvalue weighted by molar-refractivity contribution is -0.129. The Morgan fingerprint density at radius 3 is 2.67 bits per heavy atom. The minimum atomic E-state index is -0.838. The fourth-order valence-corrected chi connectivity index (χ4v) is 2.81. The number of aromatic nitrogens is 2. The summed E-state index contributed by atoms with van der Waals surface area (Å²) in [7, 11) is 0. The molecular weight excluding hydrogens is 326 g/mol. The zero-order valence-corrected chi connectivity index (χ0v) is 14.4. The van der Waals surface area contributed by atoms with Gasteiger partial charge in [-0.25, -0.2) is 9.78 Å². The molecule has 1 fully saturated rings. The molecule has 24 heavy (non-hydrogen) atoms. The van der Waals surface area contributed by atoms with Gasteiger partial charge in [0.1, 0.15) is 0 Å². The van der Waals surface area contributed by atoms with Gasteiger partial charge in [0.25, 0.3) is 5.91 Å². The molecule has 3 rings (SSSR count). The molecule has 1 atom stereocenters. The molecule has 0 saturated heterocycles. The fourth-order valence-electron chi connectivity index (χ4n) is 2.27. The van der Waals surface area contributed by atoms with Crippen molar-refractivity contribution in [2.75, 3.05) is 6.26 Å². The van der Waals surface area contributed by atoms with Gasteiger partial charge in [-0.3, -0.25) is 9.36 Å². The number of thioether (sulfide) groups is 1. The molecule has 1 amide bonds. The van der Waals surface area contributed by atoms with Gasteiger partial charge in [0, 0.05) is 11.7 Å². The molecule has 7 heteroatoms. The number of esters is 1. The van der Waals surface area contributed by atoms with E-state index in [2.05, 4.69) is 10.3 Å². The van der Waals surface area contributed by atoms with Crippen molar-refractivity contribution in [1.82, 2.24) is 14.9 Å². The topological polar surface area (TPSA) is 73.2 Å². The molecule has 0 spiro atoms. The first-order valence-corrected chi connectivity index (χ1v) is 9.01. The van der Waals surface area contributed by atoms with Gasteiger partial charge in [-0.1, -0.05) is 30.0 Å². The summed E-state index contributed by atoms with van der Waals surface area (Å²) in [4.78, 5) is 28.7. The lowest BCUT2D eigenvalue weighted by Crippen LogP contribution is -2.37. The fraction of sp³-hybridized carbons (Fsp3) is 0.353. The summed E-state index contributed by atoms with van der Waals surface area (Å²) < 4.78 is 7.06. The highest BCUT2D eigenvalue weighted by Crippen LogP contribution is 2.23. The van der Waals surface area contributed by atoms with Crippen molar-refractivity contribution in [3.8, 4) is 5.69 Å². The Morgan fingerprint density at radius 1 is 1.33 bits per heavy atom. The van der Waals surface area contributed by atoms with Crippen LogP contribution in [0.2, 0.25) is 0 Å². The minimum Gasteiger partial charge on any atom is -0.448 e. The van der Waals surface area contributed by atoms with Crippen molar-refractivity contribution in [1.29, 1.82) is 0 Å². The van der Waals surface area contributed by atoms with Crippen LogP contribution >= 0.6 is 11.8 Å². The van der Waals surface area contributed by atoms with E-state index < -0.39 is 12.1 Å². The Labute approximate surface area is 144 Å². The van der Waals surface area contributed by atoms with E-state index in [1.54, 1.807) is 11.5 Å². The number of hydrogen-bond donors (Lipinski definition) is 1. The maximum atomic E-state index is 12.5. The highest BCUT2D eigenvalue weighted by atomic mass is 32.2. The van der Waals surface area contributed by atoms with Crippen LogP contribution in [-0.2, 0) is 9.53 Å². The molecule has 1 N–H and O–H groups in total. The van der Waals surface area contributed by atoms with Crippen molar-refractivity contribution < 1.29 is 14.3 Å². The van der Waals surface area contributed by atoms with Gasteiger partial charge in [0.15, 0.2) is 17.0 Å². The molecule has 1 aliphatic rings. The molecule has 1 saturated carbocycles. The molecule has 0 unspecified atom stereocenters. The molecule has 6 nitrogen and oxygen atoms in total. The molecule has 1 aliphatic carbocycles. The highest BCUT2D eigenvalue weighted by molar-refractivity contribution is 7.98. The van der Waals surface area contributed by atoms with Gasteiger partial charge >= 0.3 is 5.97 Å². The van der Waals surface area contributed by atoms with Gasteiger partial charge in [0.05, 0.1) is 6.20 Å². The van der Waals surface area contributed by atoms with Crippen LogP contribution in [0, 0.1) is 0 Å². The summed E-state index contributed by atoms with van der Waals surface area (Å²) in [5, 5.41) is 3.51. The largest absolute Gasteiger partial charge is 0.448 e. The van der Waals surface area contributed by atoms with Gasteiger partial charge < -0.3 is 10.1 Å². The predicted molar refractivity (Wildman–Crippen MR) is 91.4 cm³/mol. The van der Waals surface area contributed by atoms with Gasteiger partial charge in [-0.05, 0) is 38.2 Å². The van der Waals surface area contributed by atoms with Gasteiger partial charge in [0.2, 0.25) is 0 Å². The molecule has 0 bridgehead atoms. The average molecular weight is 345 g/mol. The molecule has 0 aliphatic heterocycles. The Bertz CT molecular complexity index is 741. The van der Waals surface area contributed by atoms with Crippen LogP contribution in [0.1, 0.15) is 30.3 Å². The van der Waals surface area contributed by atoms with Crippen molar-refractivity contribution in [3.05, 3.63) is 42.2 Å².